The summed E-state index contributed by atoms with van der Waals surface area (Å²) in [5.74, 6) is 0.0785. The van der Waals surface area contributed by atoms with E-state index < -0.39 is 16.1 Å². The summed E-state index contributed by atoms with van der Waals surface area (Å²) in [7, 11) is -3.58. The highest BCUT2D eigenvalue weighted by atomic mass is 32.2. The zero-order chi connectivity index (χ0) is 15.7. The molecule has 0 aromatic heterocycles. The van der Waals surface area contributed by atoms with Crippen LogP contribution in [-0.4, -0.2) is 49.5 Å². The van der Waals surface area contributed by atoms with Crippen molar-refractivity contribution >= 4 is 21.6 Å². The minimum atomic E-state index is -3.58. The van der Waals surface area contributed by atoms with Crippen molar-refractivity contribution in [2.75, 3.05) is 24.5 Å². The second kappa shape index (κ2) is 5.98. The van der Waals surface area contributed by atoms with Gasteiger partial charge in [0.15, 0.2) is 0 Å². The second-order valence-electron chi connectivity index (χ2n) is 5.80. The first kappa shape index (κ1) is 15.5. The monoisotopic (exact) mass is 324 g/mol. The number of amides is 1. The molecular formula is C15H20N2O4S. The van der Waals surface area contributed by atoms with Gasteiger partial charge in [-0.05, 0) is 43.5 Å². The van der Waals surface area contributed by atoms with Gasteiger partial charge in [0.1, 0.15) is 0 Å². The summed E-state index contributed by atoms with van der Waals surface area (Å²) in [6, 6.07) is 6.43. The molecule has 1 aromatic carbocycles. The lowest BCUT2D eigenvalue weighted by Crippen LogP contribution is -2.42. The predicted octanol–water partition coefficient (Wildman–Crippen LogP) is 0.959. The summed E-state index contributed by atoms with van der Waals surface area (Å²) >= 11 is 0. The standard InChI is InChI=1S/C15H20N2O4S/c18-13-3-1-9-16(11-13)22(20,21)14-7-5-12(6-8-14)17-10-2-4-15(17)19/h5-8,13,18H,1-4,9-11H2/t13-/m0/s1. The number of carbonyl (C=O) groups excluding carboxylic acids is 1. The van der Waals surface area contributed by atoms with Crippen LogP contribution in [0, 0.1) is 0 Å². The molecule has 22 heavy (non-hydrogen) atoms. The number of rotatable bonds is 3. The Labute approximate surface area is 130 Å². The van der Waals surface area contributed by atoms with Crippen LogP contribution < -0.4 is 4.90 Å². The van der Waals surface area contributed by atoms with Gasteiger partial charge < -0.3 is 10.0 Å². The van der Waals surface area contributed by atoms with Crippen molar-refractivity contribution in [3.8, 4) is 0 Å². The predicted molar refractivity (Wildman–Crippen MR) is 82.0 cm³/mol. The number of sulfonamides is 1. The summed E-state index contributed by atoms with van der Waals surface area (Å²) < 4.78 is 26.5. The number of anilines is 1. The van der Waals surface area contributed by atoms with E-state index in [1.54, 1.807) is 17.0 Å². The van der Waals surface area contributed by atoms with E-state index in [4.69, 9.17) is 0 Å². The molecule has 0 unspecified atom stereocenters. The Morgan fingerprint density at radius 3 is 2.41 bits per heavy atom. The Balaban J connectivity index is 1.81. The molecule has 2 fully saturated rings. The quantitative estimate of drug-likeness (QED) is 0.898. The van der Waals surface area contributed by atoms with E-state index in [1.807, 2.05) is 0 Å². The molecule has 0 aliphatic carbocycles. The Morgan fingerprint density at radius 1 is 1.09 bits per heavy atom. The van der Waals surface area contributed by atoms with Crippen molar-refractivity contribution in [1.82, 2.24) is 4.31 Å². The van der Waals surface area contributed by atoms with Crippen LogP contribution in [0.15, 0.2) is 29.2 Å². The molecule has 1 N–H and O–H groups in total. The molecule has 1 atom stereocenters. The highest BCUT2D eigenvalue weighted by Gasteiger charge is 2.29. The van der Waals surface area contributed by atoms with Gasteiger partial charge >= 0.3 is 0 Å². The lowest BCUT2D eigenvalue weighted by molar-refractivity contribution is -0.117. The van der Waals surface area contributed by atoms with Crippen LogP contribution in [0.5, 0.6) is 0 Å². The van der Waals surface area contributed by atoms with Crippen LogP contribution in [0.1, 0.15) is 25.7 Å². The molecule has 2 heterocycles. The summed E-state index contributed by atoms with van der Waals surface area (Å²) in [6.07, 6.45) is 2.10. The first-order valence-corrected chi connectivity index (χ1v) is 9.01. The number of hydrogen-bond donors (Lipinski definition) is 1. The molecule has 6 nitrogen and oxygen atoms in total. The SMILES string of the molecule is O=C1CCCN1c1ccc(S(=O)(=O)N2CCC[C@H](O)C2)cc1. The van der Waals surface area contributed by atoms with Crippen molar-refractivity contribution in [1.29, 1.82) is 0 Å². The van der Waals surface area contributed by atoms with Crippen molar-refractivity contribution in [2.45, 2.75) is 36.7 Å². The third kappa shape index (κ3) is 2.88. The number of aliphatic hydroxyl groups is 1. The topological polar surface area (TPSA) is 77.9 Å². The maximum atomic E-state index is 12.6. The van der Waals surface area contributed by atoms with Gasteiger partial charge in [-0.3, -0.25) is 4.79 Å². The molecule has 1 aromatic rings. The number of piperidine rings is 1. The van der Waals surface area contributed by atoms with Crippen molar-refractivity contribution in [2.24, 2.45) is 0 Å². The van der Waals surface area contributed by atoms with Crippen LogP contribution in [0.2, 0.25) is 0 Å². The zero-order valence-electron chi connectivity index (χ0n) is 12.3. The number of β-amino-alcohol motifs (C(OH)–C–C–N with tert-alkyl or cyclic N) is 1. The molecule has 7 heteroatoms. The van der Waals surface area contributed by atoms with Crippen molar-refractivity contribution in [3.63, 3.8) is 0 Å². The summed E-state index contributed by atoms with van der Waals surface area (Å²) in [4.78, 5) is 13.6. The minimum absolute atomic E-state index is 0.0785. The van der Waals surface area contributed by atoms with E-state index >= 15 is 0 Å². The Morgan fingerprint density at radius 2 is 1.82 bits per heavy atom. The van der Waals surface area contributed by atoms with Gasteiger partial charge in [-0.25, -0.2) is 8.42 Å². The average Bonchev–Trinajstić information content (AvgIpc) is 2.93. The van der Waals surface area contributed by atoms with E-state index in [1.165, 1.54) is 16.4 Å². The highest BCUT2D eigenvalue weighted by Crippen LogP contribution is 2.25. The first-order chi connectivity index (χ1) is 10.5. The molecule has 2 saturated heterocycles. The van der Waals surface area contributed by atoms with Crippen LogP contribution in [0.25, 0.3) is 0 Å². The molecule has 0 bridgehead atoms. The van der Waals surface area contributed by atoms with Gasteiger partial charge in [-0.15, -0.1) is 0 Å². The van der Waals surface area contributed by atoms with E-state index in [0.29, 0.717) is 32.4 Å². The Bertz CT molecular complexity index is 657. The molecule has 120 valence electrons. The van der Waals surface area contributed by atoms with Gasteiger partial charge in [0.25, 0.3) is 0 Å². The van der Waals surface area contributed by atoms with Gasteiger partial charge in [0.2, 0.25) is 15.9 Å². The minimum Gasteiger partial charge on any atom is -0.392 e. The summed E-state index contributed by atoms with van der Waals surface area (Å²) in [5.41, 5.74) is 0.736. The zero-order valence-corrected chi connectivity index (χ0v) is 13.1. The fourth-order valence-electron chi connectivity index (χ4n) is 3.01. The first-order valence-electron chi connectivity index (χ1n) is 7.57. The number of aliphatic hydroxyl groups excluding tert-OH is 1. The molecule has 1 amide bonds. The molecule has 0 saturated carbocycles. The summed E-state index contributed by atoms with van der Waals surface area (Å²) in [6.45, 7) is 1.27. The highest BCUT2D eigenvalue weighted by molar-refractivity contribution is 7.89. The number of nitrogens with zero attached hydrogens (tertiary/aromatic N) is 2. The van der Waals surface area contributed by atoms with E-state index in [-0.39, 0.29) is 17.3 Å². The number of carbonyl (C=O) groups is 1. The van der Waals surface area contributed by atoms with Crippen molar-refractivity contribution in [3.05, 3.63) is 24.3 Å². The molecule has 2 aliphatic rings. The largest absolute Gasteiger partial charge is 0.392 e. The van der Waals surface area contributed by atoms with Crippen LogP contribution in [0.4, 0.5) is 5.69 Å². The van der Waals surface area contributed by atoms with Crippen LogP contribution in [0.3, 0.4) is 0 Å². The van der Waals surface area contributed by atoms with Crippen molar-refractivity contribution < 1.29 is 18.3 Å². The average molecular weight is 324 g/mol. The second-order valence-corrected chi connectivity index (χ2v) is 7.74. The van der Waals surface area contributed by atoms with Gasteiger partial charge in [0.05, 0.1) is 11.0 Å². The van der Waals surface area contributed by atoms with E-state index in [9.17, 15) is 18.3 Å². The molecule has 3 rings (SSSR count). The smallest absolute Gasteiger partial charge is 0.243 e. The van der Waals surface area contributed by atoms with E-state index in [2.05, 4.69) is 0 Å². The van der Waals surface area contributed by atoms with Gasteiger partial charge in [0, 0.05) is 31.7 Å². The third-order valence-corrected chi connectivity index (χ3v) is 6.10. The Kier molecular flexibility index (Phi) is 4.20. The van der Waals surface area contributed by atoms with Gasteiger partial charge in [-0.2, -0.15) is 4.31 Å². The maximum absolute atomic E-state index is 12.6. The molecule has 0 spiro atoms. The normalized spacial score (nSPS) is 24.0. The summed E-state index contributed by atoms with van der Waals surface area (Å²) in [5, 5.41) is 9.66. The van der Waals surface area contributed by atoms with Crippen LogP contribution >= 0.6 is 0 Å². The number of benzene rings is 1. The van der Waals surface area contributed by atoms with E-state index in [0.717, 1.165) is 12.1 Å². The Hall–Kier alpha value is -1.44. The van der Waals surface area contributed by atoms with Crippen LogP contribution in [-0.2, 0) is 14.8 Å². The lowest BCUT2D eigenvalue weighted by atomic mass is 10.1. The lowest BCUT2D eigenvalue weighted by Gasteiger charge is -2.29. The fraction of sp³-hybridized carbons (Fsp3) is 0.533. The third-order valence-electron chi connectivity index (χ3n) is 4.22. The molecule has 2 aliphatic heterocycles. The maximum Gasteiger partial charge on any atom is 0.243 e. The molecular weight excluding hydrogens is 304 g/mol. The number of hydrogen-bond acceptors (Lipinski definition) is 4. The molecule has 0 radical (unpaired) electrons. The fourth-order valence-corrected chi connectivity index (χ4v) is 4.52. The van der Waals surface area contributed by atoms with Gasteiger partial charge in [-0.1, -0.05) is 0 Å².